The molecule has 64 heavy (non-hydrogen) atoms. The Labute approximate surface area is 379 Å². The molecule has 12 heteroatoms. The van der Waals surface area contributed by atoms with E-state index in [1.165, 1.54) is 26.4 Å². The first-order valence-corrected chi connectivity index (χ1v) is 21.3. The van der Waals surface area contributed by atoms with Gasteiger partial charge in [0.1, 0.15) is 10.3 Å². The fraction of sp³-hybridized carbons (Fsp3) is 0.154. The van der Waals surface area contributed by atoms with Gasteiger partial charge in [-0.05, 0) is 148 Å². The summed E-state index contributed by atoms with van der Waals surface area (Å²) in [7, 11) is 2.66. The number of aromatic amines is 2. The maximum absolute atomic E-state index is 13.0. The second-order valence-electron chi connectivity index (χ2n) is 16.2. The summed E-state index contributed by atoms with van der Waals surface area (Å²) in [6.45, 7) is 12.6. The molecule has 2 aliphatic rings. The number of carbonyl (C=O) groups is 2. The molecule has 0 atom stereocenters. The number of nitrogens with one attached hydrogen (secondary N) is 2. The van der Waals surface area contributed by atoms with Crippen LogP contribution in [0.15, 0.2) is 72.8 Å². The minimum absolute atomic E-state index is 0.125. The zero-order valence-electron chi connectivity index (χ0n) is 36.4. The van der Waals surface area contributed by atoms with Gasteiger partial charge in [0.2, 0.25) is 0 Å². The molecule has 2 aromatic carbocycles. The van der Waals surface area contributed by atoms with Gasteiger partial charge in [0.15, 0.2) is 0 Å². The van der Waals surface area contributed by atoms with Crippen molar-refractivity contribution in [3.8, 4) is 44.8 Å². The Kier molecular flexibility index (Phi) is 10.9. The van der Waals surface area contributed by atoms with Gasteiger partial charge in [0, 0.05) is 33.3 Å². The number of esters is 2. The van der Waals surface area contributed by atoms with Crippen LogP contribution in [-0.2, 0) is 9.47 Å². The van der Waals surface area contributed by atoms with Gasteiger partial charge in [-0.2, -0.15) is 0 Å². The summed E-state index contributed by atoms with van der Waals surface area (Å²) in [5.74, 6) is -1.09. The Morgan fingerprint density at radius 2 is 0.750 bits per heavy atom. The van der Waals surface area contributed by atoms with E-state index in [-0.39, 0.29) is 21.4 Å². The molecule has 5 aromatic heterocycles. The third-order valence-corrected chi connectivity index (χ3v) is 11.9. The zero-order chi connectivity index (χ0) is 45.1. The molecule has 10 nitrogen and oxygen atoms in total. The summed E-state index contributed by atoms with van der Waals surface area (Å²) in [5, 5.41) is 0.250. The highest BCUT2D eigenvalue weighted by Crippen LogP contribution is 2.41. The van der Waals surface area contributed by atoms with Crippen LogP contribution in [0.2, 0.25) is 10.3 Å². The van der Waals surface area contributed by atoms with Gasteiger partial charge < -0.3 is 19.4 Å². The Bertz CT molecular complexity index is 3130. The van der Waals surface area contributed by atoms with Crippen LogP contribution in [0, 0.1) is 41.5 Å². The van der Waals surface area contributed by atoms with Crippen molar-refractivity contribution in [1.82, 2.24) is 29.9 Å². The van der Waals surface area contributed by atoms with Crippen LogP contribution in [0.25, 0.3) is 91.1 Å². The molecule has 0 aliphatic carbocycles. The highest BCUT2D eigenvalue weighted by atomic mass is 35.5. The van der Waals surface area contributed by atoms with Crippen LogP contribution in [0.4, 0.5) is 0 Å². The Morgan fingerprint density at radius 3 is 1.08 bits per heavy atom. The number of ether oxygens (including phenoxy) is 2. The lowest BCUT2D eigenvalue weighted by atomic mass is 9.92. The third kappa shape index (κ3) is 7.58. The second-order valence-corrected chi connectivity index (χ2v) is 16.9. The number of H-pyrrole nitrogens is 2. The SMILES string of the molecule is COC(=O)c1cc(Cl)nc(-c2c3nc(c(-c4c(C)cc(C)cc4C)c4ccc([nH]4)c(-c4cc(C(=O)OC)cc(Cl)n4)c4nc(c(-c5c(C)cc(C)cc5C)c5ccc2[nH]5)C=C4)C=C3)c1. The molecule has 0 saturated heterocycles. The molecule has 0 fully saturated rings. The predicted molar refractivity (Wildman–Crippen MR) is 257 cm³/mol. The maximum atomic E-state index is 13.0. The molecule has 0 unspecified atom stereocenters. The lowest BCUT2D eigenvalue weighted by Gasteiger charge is -2.13. The third-order valence-electron chi connectivity index (χ3n) is 11.6. The molecule has 318 valence electrons. The van der Waals surface area contributed by atoms with Crippen LogP contribution in [0.5, 0.6) is 0 Å². The minimum Gasteiger partial charge on any atom is -0.465 e. The normalized spacial score (nSPS) is 11.9. The van der Waals surface area contributed by atoms with Crippen LogP contribution in [0.1, 0.15) is 76.9 Å². The van der Waals surface area contributed by atoms with Crippen molar-refractivity contribution >= 4 is 81.5 Å². The number of pyridine rings is 2. The lowest BCUT2D eigenvalue weighted by molar-refractivity contribution is 0.0592. The molecule has 0 amide bonds. The van der Waals surface area contributed by atoms with Crippen LogP contribution in [0.3, 0.4) is 0 Å². The number of methoxy groups -OCH3 is 2. The molecule has 0 spiro atoms. The van der Waals surface area contributed by atoms with Gasteiger partial charge in [0.05, 0.1) is 70.5 Å². The quantitative estimate of drug-likeness (QED) is 0.124. The van der Waals surface area contributed by atoms with E-state index in [4.69, 9.17) is 52.6 Å². The first-order valence-electron chi connectivity index (χ1n) is 20.6. The fourth-order valence-electron chi connectivity index (χ4n) is 9.14. The average Bonchev–Trinajstić information content (AvgIpc) is 4.09. The summed E-state index contributed by atoms with van der Waals surface area (Å²) >= 11 is 13.3. The molecular weight excluding hydrogens is 844 g/mol. The Hall–Kier alpha value is -7.14. The first kappa shape index (κ1) is 42.2. The van der Waals surface area contributed by atoms with Gasteiger partial charge in [-0.3, -0.25) is 0 Å². The van der Waals surface area contributed by atoms with Gasteiger partial charge in [-0.1, -0.05) is 58.6 Å². The number of fused-ring (bicyclic) bond motifs is 8. The van der Waals surface area contributed by atoms with Crippen molar-refractivity contribution in [2.45, 2.75) is 41.5 Å². The van der Waals surface area contributed by atoms with E-state index in [9.17, 15) is 9.59 Å². The molecule has 9 rings (SSSR count). The number of nitrogens with zero attached hydrogens (tertiary/aromatic N) is 4. The monoisotopic (exact) mass is 884 g/mol. The van der Waals surface area contributed by atoms with Crippen LogP contribution >= 0.6 is 23.2 Å². The first-order chi connectivity index (χ1) is 30.7. The summed E-state index contributed by atoms with van der Waals surface area (Å²) in [4.78, 5) is 53.7. The molecule has 8 bridgehead atoms. The number of rotatable bonds is 6. The molecule has 7 heterocycles. The topological polar surface area (TPSA) is 136 Å². The van der Waals surface area contributed by atoms with Gasteiger partial charge in [-0.25, -0.2) is 29.5 Å². The number of hydrogen-bond donors (Lipinski definition) is 2. The minimum atomic E-state index is -0.545. The van der Waals surface area contributed by atoms with E-state index in [0.29, 0.717) is 56.3 Å². The van der Waals surface area contributed by atoms with Crippen molar-refractivity contribution in [3.63, 3.8) is 0 Å². The fourth-order valence-corrected chi connectivity index (χ4v) is 9.56. The Balaban J connectivity index is 1.51. The summed E-state index contributed by atoms with van der Waals surface area (Å²) < 4.78 is 10.2. The number of carbonyl (C=O) groups excluding carboxylic acids is 2. The second kappa shape index (κ2) is 16.5. The van der Waals surface area contributed by atoms with Gasteiger partial charge in [0.25, 0.3) is 0 Å². The van der Waals surface area contributed by atoms with E-state index < -0.39 is 11.9 Å². The summed E-state index contributed by atoms with van der Waals surface area (Å²) in [5.41, 5.74) is 18.3. The number of aromatic nitrogens is 6. The van der Waals surface area contributed by atoms with Crippen molar-refractivity contribution < 1.29 is 19.1 Å². The molecule has 0 radical (unpaired) electrons. The highest BCUT2D eigenvalue weighted by molar-refractivity contribution is 6.30. The van der Waals surface area contributed by atoms with Crippen molar-refractivity contribution in [1.29, 1.82) is 0 Å². The number of hydrogen-bond acceptors (Lipinski definition) is 8. The maximum Gasteiger partial charge on any atom is 0.338 e. The molecule has 7 aromatic rings. The van der Waals surface area contributed by atoms with E-state index in [1.807, 2.05) is 48.6 Å². The van der Waals surface area contributed by atoms with Crippen LogP contribution in [-0.4, -0.2) is 56.1 Å². The predicted octanol–water partition coefficient (Wildman–Crippen LogP) is 12.8. The molecular formula is C52H42Cl2N6O4. The van der Waals surface area contributed by atoms with Crippen molar-refractivity contribution in [2.24, 2.45) is 0 Å². The molecule has 2 N–H and O–H groups in total. The van der Waals surface area contributed by atoms with E-state index in [0.717, 1.165) is 66.7 Å². The van der Waals surface area contributed by atoms with Gasteiger partial charge in [-0.15, -0.1) is 0 Å². The number of benzene rings is 2. The van der Waals surface area contributed by atoms with E-state index in [1.54, 1.807) is 12.1 Å². The van der Waals surface area contributed by atoms with Crippen molar-refractivity contribution in [2.75, 3.05) is 14.2 Å². The number of aryl methyl sites for hydroxylation is 6. The number of halogens is 2. The smallest absolute Gasteiger partial charge is 0.338 e. The van der Waals surface area contributed by atoms with Gasteiger partial charge >= 0.3 is 11.9 Å². The summed E-state index contributed by atoms with van der Waals surface area (Å²) in [6.07, 6.45) is 7.89. The molecule has 2 aliphatic heterocycles. The standard InChI is InChI=1S/C52H42Cl2N6O4/c1-25-17-27(3)45(28(4)18-25)49-37-13-9-33(55-37)47(41-21-31(51(61)63-7)23-43(53)59-41)35-11-15-39(57-35)50(46-29(5)19-26(2)20-30(46)6)40-16-12-36(58-40)48(34-10-14-38(49)56-34)42-22-32(52(62)64-8)24-44(54)60-42/h9-24,55,58H,1-8H3. The van der Waals surface area contributed by atoms with E-state index in [2.05, 4.69) is 75.8 Å². The van der Waals surface area contributed by atoms with E-state index >= 15 is 0 Å². The largest absolute Gasteiger partial charge is 0.465 e. The average molecular weight is 886 g/mol. The Morgan fingerprint density at radius 1 is 0.438 bits per heavy atom. The zero-order valence-corrected chi connectivity index (χ0v) is 37.9. The summed E-state index contributed by atoms with van der Waals surface area (Å²) in [6, 6.07) is 23.0. The lowest BCUT2D eigenvalue weighted by Crippen LogP contribution is -2.03. The molecule has 0 saturated carbocycles. The van der Waals surface area contributed by atoms with Crippen molar-refractivity contribution in [3.05, 3.63) is 150 Å². The van der Waals surface area contributed by atoms with Crippen LogP contribution < -0.4 is 0 Å². The highest BCUT2D eigenvalue weighted by Gasteiger charge is 2.24.